The quantitative estimate of drug-likeness (QED) is 0.444. The van der Waals surface area contributed by atoms with Crippen molar-refractivity contribution in [2.75, 3.05) is 27.3 Å². The maximum Gasteiger partial charge on any atom is 0.409 e. The molecule has 0 fully saturated rings. The maximum atomic E-state index is 11.8. The highest BCUT2D eigenvalue weighted by atomic mass is 16.5. The molecule has 0 spiro atoms. The highest BCUT2D eigenvalue weighted by molar-refractivity contribution is 6.01. The topological polar surface area (TPSA) is 72.9 Å². The van der Waals surface area contributed by atoms with Crippen LogP contribution in [0.3, 0.4) is 0 Å². The van der Waals surface area contributed by atoms with Gasteiger partial charge in [0.1, 0.15) is 11.7 Å². The number of nitrogens with zero attached hydrogens (tertiary/aromatic N) is 1. The summed E-state index contributed by atoms with van der Waals surface area (Å²) in [5.74, 6) is -1.62. The summed E-state index contributed by atoms with van der Waals surface area (Å²) in [4.78, 5) is 36.7. The Balaban J connectivity index is 3.07. The van der Waals surface area contributed by atoms with E-state index in [0.717, 1.165) is 11.1 Å². The zero-order valence-electron chi connectivity index (χ0n) is 12.4. The van der Waals surface area contributed by atoms with Crippen LogP contribution in [-0.2, 0) is 19.1 Å². The van der Waals surface area contributed by atoms with Gasteiger partial charge in [-0.2, -0.15) is 0 Å². The molecule has 0 aliphatic carbocycles. The molecular formula is C14H21NO5. The summed E-state index contributed by atoms with van der Waals surface area (Å²) in [6, 6.07) is 0. The smallest absolute Gasteiger partial charge is 0.409 e. The Labute approximate surface area is 118 Å². The zero-order chi connectivity index (χ0) is 15.3. The number of methoxy groups -OCH3 is 2. The third-order valence-electron chi connectivity index (χ3n) is 3.54. The standard InChI is InChI=1S/C14H21NO5/c1-5-10-8-15(14(18)20-4)7-6-11(10)12(9(2)16)13(17)19-3/h12H,5-8H2,1-4H3. The molecule has 0 saturated heterocycles. The van der Waals surface area contributed by atoms with E-state index in [1.807, 2.05) is 6.92 Å². The van der Waals surface area contributed by atoms with Crippen LogP contribution in [0, 0.1) is 5.92 Å². The van der Waals surface area contributed by atoms with Crippen LogP contribution in [0.15, 0.2) is 11.1 Å². The Morgan fingerprint density at radius 1 is 1.25 bits per heavy atom. The van der Waals surface area contributed by atoms with E-state index in [0.29, 0.717) is 25.9 Å². The van der Waals surface area contributed by atoms with Gasteiger partial charge in [-0.05, 0) is 25.3 Å². The van der Waals surface area contributed by atoms with E-state index in [4.69, 9.17) is 9.47 Å². The van der Waals surface area contributed by atoms with Gasteiger partial charge in [-0.15, -0.1) is 0 Å². The summed E-state index contributed by atoms with van der Waals surface area (Å²) >= 11 is 0. The summed E-state index contributed by atoms with van der Waals surface area (Å²) in [7, 11) is 2.61. The Morgan fingerprint density at radius 3 is 2.35 bits per heavy atom. The molecule has 6 heteroatoms. The molecule has 6 nitrogen and oxygen atoms in total. The molecule has 1 heterocycles. The van der Waals surface area contributed by atoms with Gasteiger partial charge in [0.2, 0.25) is 0 Å². The average Bonchev–Trinajstić information content (AvgIpc) is 2.46. The second kappa shape index (κ2) is 7.07. The average molecular weight is 283 g/mol. The van der Waals surface area contributed by atoms with Crippen LogP contribution >= 0.6 is 0 Å². The van der Waals surface area contributed by atoms with Crippen molar-refractivity contribution < 1.29 is 23.9 Å². The lowest BCUT2D eigenvalue weighted by Gasteiger charge is -2.31. The van der Waals surface area contributed by atoms with Crippen molar-refractivity contribution in [1.29, 1.82) is 0 Å². The van der Waals surface area contributed by atoms with Crippen molar-refractivity contribution in [1.82, 2.24) is 4.90 Å². The van der Waals surface area contributed by atoms with Crippen molar-refractivity contribution in [2.45, 2.75) is 26.7 Å². The Hall–Kier alpha value is -1.85. The predicted molar refractivity (Wildman–Crippen MR) is 72.1 cm³/mol. The first-order chi connectivity index (χ1) is 9.46. The molecule has 0 radical (unpaired) electrons. The lowest BCUT2D eigenvalue weighted by Crippen LogP contribution is -2.39. The third kappa shape index (κ3) is 3.37. The van der Waals surface area contributed by atoms with Crippen LogP contribution in [0.25, 0.3) is 0 Å². The van der Waals surface area contributed by atoms with E-state index in [1.165, 1.54) is 21.1 Å². The lowest BCUT2D eigenvalue weighted by molar-refractivity contribution is -0.147. The van der Waals surface area contributed by atoms with Gasteiger partial charge in [0, 0.05) is 13.1 Å². The minimum absolute atomic E-state index is 0.232. The van der Waals surface area contributed by atoms with Gasteiger partial charge in [0.15, 0.2) is 0 Å². The van der Waals surface area contributed by atoms with Crippen LogP contribution in [0.5, 0.6) is 0 Å². The Morgan fingerprint density at radius 2 is 1.90 bits per heavy atom. The van der Waals surface area contributed by atoms with Crippen molar-refractivity contribution in [3.63, 3.8) is 0 Å². The molecule has 20 heavy (non-hydrogen) atoms. The van der Waals surface area contributed by atoms with Gasteiger partial charge >= 0.3 is 12.1 Å². The fraction of sp³-hybridized carbons (Fsp3) is 0.643. The first kappa shape index (κ1) is 16.2. The molecule has 1 unspecified atom stereocenters. The molecular weight excluding hydrogens is 262 g/mol. The van der Waals surface area contributed by atoms with Crippen LogP contribution in [0.1, 0.15) is 26.7 Å². The van der Waals surface area contributed by atoms with Crippen molar-refractivity contribution >= 4 is 17.8 Å². The van der Waals surface area contributed by atoms with Gasteiger partial charge in [-0.1, -0.05) is 12.5 Å². The second-order valence-electron chi connectivity index (χ2n) is 4.69. The summed E-state index contributed by atoms with van der Waals surface area (Å²) < 4.78 is 9.42. The fourth-order valence-corrected chi connectivity index (χ4v) is 2.49. The second-order valence-corrected chi connectivity index (χ2v) is 4.69. The van der Waals surface area contributed by atoms with E-state index in [1.54, 1.807) is 4.90 Å². The summed E-state index contributed by atoms with van der Waals surface area (Å²) in [6.45, 7) is 4.14. The summed E-state index contributed by atoms with van der Waals surface area (Å²) in [5, 5.41) is 0. The number of Topliss-reactive ketones (excluding diaryl/α,β-unsaturated/α-hetero) is 1. The number of hydrogen-bond acceptors (Lipinski definition) is 5. The van der Waals surface area contributed by atoms with Crippen molar-refractivity contribution in [2.24, 2.45) is 5.92 Å². The molecule has 1 aliphatic heterocycles. The summed E-state index contributed by atoms with van der Waals surface area (Å²) in [6.07, 6.45) is 0.758. The molecule has 1 amide bonds. The first-order valence-electron chi connectivity index (χ1n) is 6.58. The minimum atomic E-state index is -0.852. The summed E-state index contributed by atoms with van der Waals surface area (Å²) in [5.41, 5.74) is 1.71. The molecule has 1 aliphatic rings. The van der Waals surface area contributed by atoms with Gasteiger partial charge in [-0.3, -0.25) is 9.59 Å². The number of rotatable bonds is 4. The number of esters is 1. The Kier molecular flexibility index (Phi) is 5.73. The number of carbonyl (C=O) groups is 3. The highest BCUT2D eigenvalue weighted by Crippen LogP contribution is 2.28. The van der Waals surface area contributed by atoms with E-state index in [-0.39, 0.29) is 5.78 Å². The van der Waals surface area contributed by atoms with Crippen molar-refractivity contribution in [3.05, 3.63) is 11.1 Å². The zero-order valence-corrected chi connectivity index (χ0v) is 12.4. The van der Waals surface area contributed by atoms with Gasteiger partial charge < -0.3 is 14.4 Å². The molecule has 0 aromatic heterocycles. The monoisotopic (exact) mass is 283 g/mol. The van der Waals surface area contributed by atoms with Crippen LogP contribution in [0.4, 0.5) is 4.79 Å². The SMILES string of the molecule is CCC1=C(C(C(C)=O)C(=O)OC)CCN(C(=O)OC)C1. The molecule has 0 N–H and O–H groups in total. The number of ether oxygens (including phenoxy) is 2. The lowest BCUT2D eigenvalue weighted by atomic mass is 9.85. The van der Waals surface area contributed by atoms with Gasteiger partial charge in [-0.25, -0.2) is 4.79 Å². The number of hydrogen-bond donors (Lipinski definition) is 0. The molecule has 0 bridgehead atoms. The molecule has 0 aromatic rings. The molecule has 1 rings (SSSR count). The van der Waals surface area contributed by atoms with Crippen LogP contribution < -0.4 is 0 Å². The minimum Gasteiger partial charge on any atom is -0.468 e. The first-order valence-corrected chi connectivity index (χ1v) is 6.58. The third-order valence-corrected chi connectivity index (χ3v) is 3.54. The molecule has 1 atom stereocenters. The van der Waals surface area contributed by atoms with E-state index >= 15 is 0 Å². The Bertz CT molecular complexity index is 441. The number of amides is 1. The van der Waals surface area contributed by atoms with Gasteiger partial charge in [0.05, 0.1) is 14.2 Å². The van der Waals surface area contributed by atoms with E-state index in [2.05, 4.69) is 0 Å². The largest absolute Gasteiger partial charge is 0.468 e. The number of ketones is 1. The van der Waals surface area contributed by atoms with E-state index in [9.17, 15) is 14.4 Å². The predicted octanol–water partition coefficient (Wildman–Crippen LogP) is 1.54. The number of carbonyl (C=O) groups excluding carboxylic acids is 3. The molecule has 0 aromatic carbocycles. The van der Waals surface area contributed by atoms with E-state index < -0.39 is 18.0 Å². The van der Waals surface area contributed by atoms with Crippen LogP contribution in [0.2, 0.25) is 0 Å². The maximum absolute atomic E-state index is 11.8. The van der Waals surface area contributed by atoms with Crippen molar-refractivity contribution in [3.8, 4) is 0 Å². The van der Waals surface area contributed by atoms with Gasteiger partial charge in [0.25, 0.3) is 0 Å². The van der Waals surface area contributed by atoms with Crippen LogP contribution in [-0.4, -0.2) is 50.1 Å². The molecule has 112 valence electrons. The highest BCUT2D eigenvalue weighted by Gasteiger charge is 2.33. The fourth-order valence-electron chi connectivity index (χ4n) is 2.49. The normalized spacial score (nSPS) is 16.7. The molecule has 0 saturated carbocycles.